The molecule has 4 heteroatoms. The van der Waals surface area contributed by atoms with Gasteiger partial charge in [0.1, 0.15) is 6.61 Å². The number of para-hydroxylation sites is 1. The number of ether oxygens (including phenoxy) is 2. The van der Waals surface area contributed by atoms with E-state index in [-0.39, 0.29) is 11.8 Å². The lowest BCUT2D eigenvalue weighted by Gasteiger charge is -2.32. The minimum atomic E-state index is -0.133. The summed E-state index contributed by atoms with van der Waals surface area (Å²) >= 11 is 0. The van der Waals surface area contributed by atoms with Gasteiger partial charge >= 0.3 is 0 Å². The van der Waals surface area contributed by atoms with Crippen LogP contribution in [0, 0.1) is 0 Å². The summed E-state index contributed by atoms with van der Waals surface area (Å²) in [5, 5.41) is 10.8. The van der Waals surface area contributed by atoms with Crippen molar-refractivity contribution < 1.29 is 14.6 Å². The van der Waals surface area contributed by atoms with Crippen LogP contribution in [0.25, 0.3) is 0 Å². The van der Waals surface area contributed by atoms with E-state index in [1.165, 1.54) is 5.30 Å². The SMILES string of the molecule is CCC(C)(Pc1ccccc1CO)c1cccc(OC)c1OCc1ccccc1. The van der Waals surface area contributed by atoms with Crippen molar-refractivity contribution in [1.82, 2.24) is 0 Å². The van der Waals surface area contributed by atoms with Crippen LogP contribution in [0.3, 0.4) is 0 Å². The van der Waals surface area contributed by atoms with E-state index < -0.39 is 0 Å². The Labute approximate surface area is 175 Å². The van der Waals surface area contributed by atoms with E-state index in [1.54, 1.807) is 7.11 Å². The third-order valence-electron chi connectivity index (χ3n) is 5.32. The lowest BCUT2D eigenvalue weighted by atomic mass is 9.96. The van der Waals surface area contributed by atoms with E-state index in [1.807, 2.05) is 48.5 Å². The van der Waals surface area contributed by atoms with Gasteiger partial charge in [0.25, 0.3) is 0 Å². The molecule has 0 amide bonds. The minimum absolute atomic E-state index is 0.0540. The van der Waals surface area contributed by atoms with Crippen LogP contribution in [0.15, 0.2) is 72.8 Å². The molecule has 0 aromatic heterocycles. The van der Waals surface area contributed by atoms with E-state index in [9.17, 15) is 5.11 Å². The normalized spacial score (nSPS) is 13.4. The second-order valence-corrected chi connectivity index (χ2v) is 9.13. The Bertz CT molecular complexity index is 926. The van der Waals surface area contributed by atoms with Crippen LogP contribution in [0.5, 0.6) is 11.5 Å². The van der Waals surface area contributed by atoms with Crippen molar-refractivity contribution in [2.24, 2.45) is 0 Å². The van der Waals surface area contributed by atoms with Gasteiger partial charge in [0.15, 0.2) is 11.5 Å². The van der Waals surface area contributed by atoms with Crippen LogP contribution in [0.1, 0.15) is 37.0 Å². The molecule has 2 unspecified atom stereocenters. The van der Waals surface area contributed by atoms with Gasteiger partial charge in [-0.15, -0.1) is 0 Å². The quantitative estimate of drug-likeness (QED) is 0.482. The first-order valence-electron chi connectivity index (χ1n) is 9.92. The maximum absolute atomic E-state index is 9.77. The van der Waals surface area contributed by atoms with Gasteiger partial charge in [-0.1, -0.05) is 89.2 Å². The summed E-state index contributed by atoms with van der Waals surface area (Å²) < 4.78 is 12.0. The fourth-order valence-corrected chi connectivity index (χ4v) is 5.02. The topological polar surface area (TPSA) is 38.7 Å². The fourth-order valence-electron chi connectivity index (χ4n) is 3.41. The molecule has 0 heterocycles. The van der Waals surface area contributed by atoms with E-state index >= 15 is 0 Å². The highest BCUT2D eigenvalue weighted by atomic mass is 31.1. The van der Waals surface area contributed by atoms with Gasteiger partial charge in [0, 0.05) is 10.7 Å². The molecule has 2 atom stereocenters. The predicted molar refractivity (Wildman–Crippen MR) is 122 cm³/mol. The first-order chi connectivity index (χ1) is 14.1. The Hall–Kier alpha value is -2.35. The Morgan fingerprint density at radius 3 is 2.34 bits per heavy atom. The lowest BCUT2D eigenvalue weighted by Crippen LogP contribution is -2.21. The smallest absolute Gasteiger partial charge is 0.165 e. The monoisotopic (exact) mass is 408 g/mol. The third kappa shape index (κ3) is 4.98. The second-order valence-electron chi connectivity index (χ2n) is 7.24. The maximum Gasteiger partial charge on any atom is 0.165 e. The van der Waals surface area contributed by atoms with Crippen LogP contribution in [0.2, 0.25) is 0 Å². The molecule has 0 radical (unpaired) electrons. The van der Waals surface area contributed by atoms with Gasteiger partial charge in [-0.05, 0) is 28.9 Å². The number of rotatable bonds is 9. The van der Waals surface area contributed by atoms with Gasteiger partial charge in [-0.25, -0.2) is 0 Å². The molecule has 29 heavy (non-hydrogen) atoms. The molecule has 3 nitrogen and oxygen atoms in total. The first kappa shape index (κ1) is 21.4. The van der Waals surface area contributed by atoms with Gasteiger partial charge < -0.3 is 14.6 Å². The van der Waals surface area contributed by atoms with Crippen LogP contribution in [0.4, 0.5) is 0 Å². The number of aliphatic hydroxyl groups is 1. The Morgan fingerprint density at radius 1 is 0.931 bits per heavy atom. The van der Waals surface area contributed by atoms with E-state index in [4.69, 9.17) is 9.47 Å². The Morgan fingerprint density at radius 2 is 1.66 bits per heavy atom. The molecule has 0 bridgehead atoms. The molecule has 0 fully saturated rings. The number of hydrogen-bond donors (Lipinski definition) is 1. The summed E-state index contributed by atoms with van der Waals surface area (Å²) in [4.78, 5) is 0. The number of hydrogen-bond acceptors (Lipinski definition) is 3. The van der Waals surface area contributed by atoms with Crippen molar-refractivity contribution >= 4 is 13.9 Å². The van der Waals surface area contributed by atoms with E-state index in [2.05, 4.69) is 38.1 Å². The van der Waals surface area contributed by atoms with E-state index in [0.29, 0.717) is 15.2 Å². The Balaban J connectivity index is 1.98. The molecular formula is C25H29O3P. The van der Waals surface area contributed by atoms with Gasteiger partial charge in [0.05, 0.1) is 13.7 Å². The molecule has 3 rings (SSSR count). The molecule has 152 valence electrons. The molecule has 0 spiro atoms. The standard InChI is InChI=1S/C25H29O3P/c1-4-25(2,29-23-16-9-8-13-20(23)17-26)21-14-10-15-22(27-3)24(21)28-18-19-11-6-5-7-12-19/h5-16,26,29H,4,17-18H2,1-3H3. The van der Waals surface area contributed by atoms with Crippen LogP contribution < -0.4 is 14.8 Å². The highest BCUT2D eigenvalue weighted by Gasteiger charge is 2.31. The second kappa shape index (κ2) is 9.91. The largest absolute Gasteiger partial charge is 0.493 e. The molecular weight excluding hydrogens is 379 g/mol. The van der Waals surface area contributed by atoms with E-state index in [0.717, 1.165) is 34.6 Å². The summed E-state index contributed by atoms with van der Waals surface area (Å²) in [6.07, 6.45) is 0.945. The van der Waals surface area contributed by atoms with Crippen LogP contribution in [-0.2, 0) is 18.4 Å². The third-order valence-corrected chi connectivity index (χ3v) is 7.26. The molecule has 3 aromatic rings. The zero-order valence-electron chi connectivity index (χ0n) is 17.3. The average Bonchev–Trinajstić information content (AvgIpc) is 2.78. The summed E-state index contributed by atoms with van der Waals surface area (Å²) in [5.41, 5.74) is 3.25. The van der Waals surface area contributed by atoms with Crippen LogP contribution >= 0.6 is 8.58 Å². The molecule has 0 saturated carbocycles. The molecule has 3 aromatic carbocycles. The first-order valence-corrected chi connectivity index (χ1v) is 10.9. The minimum Gasteiger partial charge on any atom is -0.493 e. The maximum atomic E-state index is 9.77. The van der Waals surface area contributed by atoms with Crippen molar-refractivity contribution in [3.8, 4) is 11.5 Å². The summed E-state index contributed by atoms with van der Waals surface area (Å²) in [6.45, 7) is 5.02. The number of aliphatic hydroxyl groups excluding tert-OH is 1. The number of benzene rings is 3. The fraction of sp³-hybridized carbons (Fsp3) is 0.280. The van der Waals surface area contributed by atoms with Crippen molar-refractivity contribution in [2.75, 3.05) is 7.11 Å². The van der Waals surface area contributed by atoms with Gasteiger partial charge in [0.2, 0.25) is 0 Å². The highest BCUT2D eigenvalue weighted by molar-refractivity contribution is 7.48. The van der Waals surface area contributed by atoms with Gasteiger partial charge in [-0.3, -0.25) is 0 Å². The summed E-state index contributed by atoms with van der Waals surface area (Å²) in [5.74, 6) is 1.55. The summed E-state index contributed by atoms with van der Waals surface area (Å²) in [6, 6.07) is 24.4. The van der Waals surface area contributed by atoms with Crippen molar-refractivity contribution in [3.63, 3.8) is 0 Å². The molecule has 1 N–H and O–H groups in total. The average molecular weight is 408 g/mol. The van der Waals surface area contributed by atoms with Crippen LogP contribution in [-0.4, -0.2) is 12.2 Å². The lowest BCUT2D eigenvalue weighted by molar-refractivity contribution is 0.278. The highest BCUT2D eigenvalue weighted by Crippen LogP contribution is 2.50. The molecule has 0 aliphatic heterocycles. The molecule has 0 saturated heterocycles. The molecule has 0 aliphatic carbocycles. The molecule has 0 aliphatic rings. The van der Waals surface area contributed by atoms with Gasteiger partial charge in [-0.2, -0.15) is 0 Å². The predicted octanol–water partition coefficient (Wildman–Crippen LogP) is 5.40. The van der Waals surface area contributed by atoms with Crippen molar-refractivity contribution in [2.45, 2.75) is 38.6 Å². The zero-order valence-corrected chi connectivity index (χ0v) is 18.3. The summed E-state index contributed by atoms with van der Waals surface area (Å²) in [7, 11) is 2.18. The number of methoxy groups -OCH3 is 1. The van der Waals surface area contributed by atoms with Crippen molar-refractivity contribution in [1.29, 1.82) is 0 Å². The van der Waals surface area contributed by atoms with Crippen molar-refractivity contribution in [3.05, 3.63) is 89.5 Å². The Kier molecular flexibility index (Phi) is 7.30. The zero-order chi connectivity index (χ0) is 20.7.